The van der Waals surface area contributed by atoms with Gasteiger partial charge in [0.05, 0.1) is 28.8 Å². The summed E-state index contributed by atoms with van der Waals surface area (Å²) in [6.07, 6.45) is 6.79. The van der Waals surface area contributed by atoms with Crippen LogP contribution in [0, 0.1) is 12.7 Å². The molecule has 0 aliphatic heterocycles. The predicted molar refractivity (Wildman–Crippen MR) is 138 cm³/mol. The molecule has 4 aromatic heterocycles. The molecule has 0 aliphatic rings. The molecule has 2 N–H and O–H groups in total. The second-order valence-corrected chi connectivity index (χ2v) is 10.1. The van der Waals surface area contributed by atoms with Crippen molar-refractivity contribution < 1.29 is 14.3 Å². The third-order valence-electron chi connectivity index (χ3n) is 5.80. The maximum absolute atomic E-state index is 15.0. The lowest BCUT2D eigenvalue weighted by Gasteiger charge is -2.13. The number of nitrogens with one attached hydrogen (secondary N) is 1. The summed E-state index contributed by atoms with van der Waals surface area (Å²) >= 11 is 1.19. The number of halogens is 1. The van der Waals surface area contributed by atoms with Gasteiger partial charge in [0.1, 0.15) is 11.5 Å². The van der Waals surface area contributed by atoms with Crippen molar-refractivity contribution in [3.05, 3.63) is 89.2 Å². The third-order valence-corrected chi connectivity index (χ3v) is 7.02. The number of nitrogens with zero attached hydrogens (tertiary/aromatic N) is 4. The van der Waals surface area contributed by atoms with Crippen LogP contribution < -0.4 is 5.32 Å². The van der Waals surface area contributed by atoms with E-state index >= 15 is 0 Å². The van der Waals surface area contributed by atoms with Crippen LogP contribution in [0.2, 0.25) is 0 Å². The number of carbonyl (C=O) groups excluding carboxylic acids is 1. The topological polar surface area (TPSA) is 92.4 Å². The van der Waals surface area contributed by atoms with Crippen molar-refractivity contribution in [2.45, 2.75) is 32.8 Å². The quantitative estimate of drug-likeness (QED) is 0.326. The van der Waals surface area contributed by atoms with E-state index in [1.807, 2.05) is 41.8 Å². The highest BCUT2D eigenvalue weighted by molar-refractivity contribution is 7.15. The number of amides is 1. The first-order chi connectivity index (χ1) is 17.2. The van der Waals surface area contributed by atoms with E-state index in [4.69, 9.17) is 0 Å². The number of pyridine rings is 2. The fourth-order valence-electron chi connectivity index (χ4n) is 3.90. The molecule has 0 radical (unpaired) electrons. The number of aliphatic hydroxyl groups is 1. The number of thiazole rings is 1. The van der Waals surface area contributed by atoms with Crippen LogP contribution in [-0.2, 0) is 16.8 Å². The molecule has 5 aromatic rings. The lowest BCUT2D eigenvalue weighted by Crippen LogP contribution is -2.15. The van der Waals surface area contributed by atoms with Gasteiger partial charge in [0.2, 0.25) is 5.91 Å². The molecule has 0 bridgehead atoms. The molecule has 182 valence electrons. The Kier molecular flexibility index (Phi) is 6.11. The molecule has 0 spiro atoms. The number of carbonyl (C=O) groups is 1. The smallest absolute Gasteiger partial charge is 0.230 e. The molecule has 1 aromatic carbocycles. The van der Waals surface area contributed by atoms with Crippen LogP contribution in [0.3, 0.4) is 0 Å². The second-order valence-electron chi connectivity index (χ2n) is 9.09. The normalized spacial score (nSPS) is 11.7. The van der Waals surface area contributed by atoms with Crippen molar-refractivity contribution in [3.63, 3.8) is 0 Å². The van der Waals surface area contributed by atoms with Gasteiger partial charge in [-0.2, -0.15) is 0 Å². The highest BCUT2D eigenvalue weighted by Gasteiger charge is 2.20. The fraction of sp³-hybridized carbons (Fsp3) is 0.185. The Balaban J connectivity index is 1.34. The molecule has 4 heterocycles. The predicted octanol–water partition coefficient (Wildman–Crippen LogP) is 5.38. The van der Waals surface area contributed by atoms with Crippen molar-refractivity contribution in [2.75, 3.05) is 5.32 Å². The van der Waals surface area contributed by atoms with Crippen molar-refractivity contribution in [1.29, 1.82) is 0 Å². The Morgan fingerprint density at radius 3 is 2.58 bits per heavy atom. The van der Waals surface area contributed by atoms with Crippen molar-refractivity contribution >= 4 is 28.0 Å². The van der Waals surface area contributed by atoms with Gasteiger partial charge >= 0.3 is 0 Å². The van der Waals surface area contributed by atoms with E-state index in [1.54, 1.807) is 38.4 Å². The standard InChI is InChI=1S/C27H24FN5O2S/c1-16-10-17(6-8-29-16)18-7-9-33-22(14-30-24(33)12-18)20-5-4-19(21(28)11-20)13-25(34)32-26-31-15-23(36-26)27(2,3)35/h4-12,14-15,35H,13H2,1-3H3,(H,31,32,34). The Labute approximate surface area is 211 Å². The van der Waals surface area contributed by atoms with E-state index in [9.17, 15) is 14.3 Å². The summed E-state index contributed by atoms with van der Waals surface area (Å²) < 4.78 is 16.9. The summed E-state index contributed by atoms with van der Waals surface area (Å²) in [5, 5.41) is 13.1. The van der Waals surface area contributed by atoms with Gasteiger partial charge in [0.25, 0.3) is 0 Å². The molecule has 36 heavy (non-hydrogen) atoms. The number of aromatic nitrogens is 4. The number of aryl methyl sites for hydroxylation is 1. The molecular formula is C27H24FN5O2S. The minimum Gasteiger partial charge on any atom is -0.385 e. The number of fused-ring (bicyclic) bond motifs is 1. The highest BCUT2D eigenvalue weighted by Crippen LogP contribution is 2.29. The van der Waals surface area contributed by atoms with Crippen molar-refractivity contribution in [3.8, 4) is 22.4 Å². The van der Waals surface area contributed by atoms with Gasteiger partial charge in [-0.1, -0.05) is 23.5 Å². The summed E-state index contributed by atoms with van der Waals surface area (Å²) in [7, 11) is 0. The molecule has 0 saturated heterocycles. The Bertz CT molecular complexity index is 1580. The first kappa shape index (κ1) is 23.8. The van der Waals surface area contributed by atoms with Crippen LogP contribution in [0.5, 0.6) is 0 Å². The zero-order valence-corrected chi connectivity index (χ0v) is 20.8. The molecule has 0 unspecified atom stereocenters. The molecule has 0 aliphatic carbocycles. The molecule has 1 amide bonds. The summed E-state index contributed by atoms with van der Waals surface area (Å²) in [6.45, 7) is 5.24. The molecule has 0 atom stereocenters. The Morgan fingerprint density at radius 2 is 1.86 bits per heavy atom. The van der Waals surface area contributed by atoms with Crippen LogP contribution in [0.25, 0.3) is 28.0 Å². The third kappa shape index (κ3) is 4.89. The van der Waals surface area contributed by atoms with Gasteiger partial charge in [-0.3, -0.25) is 14.2 Å². The van der Waals surface area contributed by atoms with Crippen LogP contribution >= 0.6 is 11.3 Å². The van der Waals surface area contributed by atoms with E-state index < -0.39 is 11.4 Å². The van der Waals surface area contributed by atoms with Crippen molar-refractivity contribution in [1.82, 2.24) is 19.4 Å². The first-order valence-electron chi connectivity index (χ1n) is 11.3. The molecular weight excluding hydrogens is 477 g/mol. The summed E-state index contributed by atoms with van der Waals surface area (Å²) in [6, 6.07) is 12.8. The maximum atomic E-state index is 15.0. The van der Waals surface area contributed by atoms with Gasteiger partial charge in [-0.05, 0) is 67.8 Å². The minimum atomic E-state index is -1.04. The van der Waals surface area contributed by atoms with E-state index in [0.29, 0.717) is 15.6 Å². The zero-order chi connectivity index (χ0) is 25.4. The zero-order valence-electron chi connectivity index (χ0n) is 20.0. The Hall–Kier alpha value is -3.95. The largest absolute Gasteiger partial charge is 0.385 e. The number of hydrogen-bond acceptors (Lipinski definition) is 6. The van der Waals surface area contributed by atoms with Crippen molar-refractivity contribution in [2.24, 2.45) is 0 Å². The summed E-state index contributed by atoms with van der Waals surface area (Å²) in [5.41, 5.74) is 4.40. The van der Waals surface area contributed by atoms with E-state index in [0.717, 1.165) is 28.2 Å². The van der Waals surface area contributed by atoms with E-state index in [2.05, 4.69) is 20.3 Å². The lowest BCUT2D eigenvalue weighted by molar-refractivity contribution is -0.115. The van der Waals surface area contributed by atoms with Crippen LogP contribution in [0.4, 0.5) is 9.52 Å². The van der Waals surface area contributed by atoms with Gasteiger partial charge in [-0.25, -0.2) is 14.4 Å². The van der Waals surface area contributed by atoms with Gasteiger partial charge in [0, 0.05) is 29.8 Å². The SMILES string of the molecule is Cc1cc(-c2ccn3c(-c4ccc(CC(=O)Nc5ncc(C(C)(C)O)s5)c(F)c4)cnc3c2)ccn1. The Morgan fingerprint density at radius 1 is 1.06 bits per heavy atom. The van der Waals surface area contributed by atoms with Gasteiger partial charge in [-0.15, -0.1) is 0 Å². The maximum Gasteiger partial charge on any atom is 0.230 e. The molecule has 9 heteroatoms. The number of rotatable bonds is 6. The summed E-state index contributed by atoms with van der Waals surface area (Å²) in [5.74, 6) is -0.857. The number of imidazole rings is 1. The monoisotopic (exact) mass is 501 g/mol. The molecule has 0 fully saturated rings. The first-order valence-corrected chi connectivity index (χ1v) is 12.2. The second kappa shape index (κ2) is 9.25. The number of benzene rings is 1. The minimum absolute atomic E-state index is 0.134. The highest BCUT2D eigenvalue weighted by atomic mass is 32.1. The van der Waals surface area contributed by atoms with Gasteiger partial charge < -0.3 is 10.4 Å². The van der Waals surface area contributed by atoms with Crippen LogP contribution in [0.15, 0.2) is 67.3 Å². The van der Waals surface area contributed by atoms with Crippen LogP contribution in [0.1, 0.15) is 30.0 Å². The molecule has 7 nitrogen and oxygen atoms in total. The van der Waals surface area contributed by atoms with Crippen LogP contribution in [-0.4, -0.2) is 30.4 Å². The lowest BCUT2D eigenvalue weighted by atomic mass is 10.1. The number of anilines is 1. The van der Waals surface area contributed by atoms with Gasteiger partial charge in [0.15, 0.2) is 5.13 Å². The molecule has 0 saturated carbocycles. The average Bonchev–Trinajstić information content (AvgIpc) is 3.47. The van der Waals surface area contributed by atoms with E-state index in [1.165, 1.54) is 23.6 Å². The molecule has 5 rings (SSSR count). The fourth-order valence-corrected chi connectivity index (χ4v) is 4.73. The average molecular weight is 502 g/mol. The number of hydrogen-bond donors (Lipinski definition) is 2. The van der Waals surface area contributed by atoms with E-state index in [-0.39, 0.29) is 17.9 Å². The summed E-state index contributed by atoms with van der Waals surface area (Å²) in [4.78, 5) is 26.0.